The van der Waals surface area contributed by atoms with Gasteiger partial charge >= 0.3 is 0 Å². The van der Waals surface area contributed by atoms with E-state index in [0.29, 0.717) is 11.0 Å². The molecule has 2 aromatic heterocycles. The number of piperidine rings is 1. The van der Waals surface area contributed by atoms with Crippen molar-refractivity contribution in [1.29, 1.82) is 0 Å². The van der Waals surface area contributed by atoms with Crippen LogP contribution < -0.4 is 5.73 Å². The van der Waals surface area contributed by atoms with Crippen LogP contribution in [0.4, 0.5) is 5.13 Å². The molecule has 7 heteroatoms. The normalized spacial score (nSPS) is 19.8. The Bertz CT molecular complexity index is 552. The van der Waals surface area contributed by atoms with Gasteiger partial charge in [-0.3, -0.25) is 4.90 Å². The lowest BCUT2D eigenvalue weighted by Crippen LogP contribution is -2.34. The molecule has 1 saturated heterocycles. The first-order valence-corrected chi connectivity index (χ1v) is 7.44. The van der Waals surface area contributed by atoms with Gasteiger partial charge in [-0.1, -0.05) is 0 Å². The summed E-state index contributed by atoms with van der Waals surface area (Å²) in [6.45, 7) is 3.18. The molecule has 0 spiro atoms. The van der Waals surface area contributed by atoms with Crippen molar-refractivity contribution in [2.75, 3.05) is 18.8 Å². The third-order valence-electron chi connectivity index (χ3n) is 3.68. The fourth-order valence-corrected chi connectivity index (χ4v) is 3.52. The first-order chi connectivity index (χ1) is 9.22. The van der Waals surface area contributed by atoms with Crippen LogP contribution >= 0.6 is 23.7 Å². The zero-order valence-corrected chi connectivity index (χ0v) is 13.2. The minimum absolute atomic E-state index is 0. The molecule has 1 fully saturated rings. The van der Waals surface area contributed by atoms with Crippen molar-refractivity contribution in [3.8, 4) is 0 Å². The molecule has 0 aromatic carbocycles. The largest absolute Gasteiger partial charge is 0.375 e. The maximum absolute atomic E-state index is 5.68. The molecule has 110 valence electrons. The Kier molecular flexibility index (Phi) is 5.01. The van der Waals surface area contributed by atoms with Crippen molar-refractivity contribution in [2.45, 2.75) is 25.3 Å². The van der Waals surface area contributed by atoms with Crippen molar-refractivity contribution < 1.29 is 0 Å². The number of rotatable bonds is 3. The van der Waals surface area contributed by atoms with Crippen LogP contribution in [0.1, 0.15) is 29.5 Å². The fraction of sp³-hybridized carbons (Fsp3) is 0.538. The highest BCUT2D eigenvalue weighted by Crippen LogP contribution is 2.27. The van der Waals surface area contributed by atoms with Gasteiger partial charge in [0, 0.05) is 49.5 Å². The van der Waals surface area contributed by atoms with Crippen molar-refractivity contribution in [3.63, 3.8) is 0 Å². The van der Waals surface area contributed by atoms with Crippen molar-refractivity contribution in [2.24, 2.45) is 7.05 Å². The van der Waals surface area contributed by atoms with Gasteiger partial charge in [0.2, 0.25) is 0 Å². The summed E-state index contributed by atoms with van der Waals surface area (Å²) < 4.78 is 2.14. The van der Waals surface area contributed by atoms with Crippen LogP contribution in [0.25, 0.3) is 0 Å². The molecule has 0 radical (unpaired) electrons. The van der Waals surface area contributed by atoms with Crippen LogP contribution in [0.3, 0.4) is 0 Å². The van der Waals surface area contributed by atoms with E-state index in [2.05, 4.69) is 26.5 Å². The Morgan fingerprint density at radius 3 is 2.95 bits per heavy atom. The van der Waals surface area contributed by atoms with E-state index in [1.165, 1.54) is 23.5 Å². The highest BCUT2D eigenvalue weighted by Gasteiger charge is 2.24. The highest BCUT2D eigenvalue weighted by atomic mass is 35.5. The molecule has 5 nitrogen and oxygen atoms in total. The Balaban J connectivity index is 0.00000147. The van der Waals surface area contributed by atoms with Gasteiger partial charge in [0.1, 0.15) is 5.82 Å². The minimum Gasteiger partial charge on any atom is -0.375 e. The summed E-state index contributed by atoms with van der Waals surface area (Å²) >= 11 is 1.59. The van der Waals surface area contributed by atoms with Crippen LogP contribution in [0.15, 0.2) is 18.6 Å². The summed E-state index contributed by atoms with van der Waals surface area (Å²) in [6.07, 6.45) is 8.26. The second-order valence-electron chi connectivity index (χ2n) is 5.14. The van der Waals surface area contributed by atoms with Gasteiger partial charge in [-0.05, 0) is 19.4 Å². The number of hydrogen-bond acceptors (Lipinski definition) is 5. The molecule has 3 rings (SSSR count). The molecule has 2 N–H and O–H groups in total. The van der Waals surface area contributed by atoms with E-state index >= 15 is 0 Å². The number of nitrogens with zero attached hydrogens (tertiary/aromatic N) is 4. The number of likely N-dealkylation sites (tertiary alicyclic amines) is 1. The molecule has 0 saturated carbocycles. The SMILES string of the molecule is Cl.Cn1ccnc1C1CCCN(Cc2cnc(N)s2)C1. The first-order valence-electron chi connectivity index (χ1n) is 6.62. The van der Waals surface area contributed by atoms with Gasteiger partial charge < -0.3 is 10.3 Å². The number of imidazole rings is 1. The van der Waals surface area contributed by atoms with E-state index in [-0.39, 0.29) is 12.4 Å². The van der Waals surface area contributed by atoms with Crippen LogP contribution in [0, 0.1) is 0 Å². The monoisotopic (exact) mass is 313 g/mol. The first kappa shape index (κ1) is 15.3. The lowest BCUT2D eigenvalue weighted by atomic mass is 9.97. The second-order valence-corrected chi connectivity index (χ2v) is 6.28. The summed E-state index contributed by atoms with van der Waals surface area (Å²) in [7, 11) is 2.07. The zero-order valence-electron chi connectivity index (χ0n) is 11.5. The predicted octanol–water partition coefficient (Wildman–Crippen LogP) is 2.26. The van der Waals surface area contributed by atoms with Crippen LogP contribution in [-0.4, -0.2) is 32.5 Å². The van der Waals surface area contributed by atoms with Crippen molar-refractivity contribution >= 4 is 28.9 Å². The number of thiazole rings is 1. The average Bonchev–Trinajstić information content (AvgIpc) is 2.99. The lowest BCUT2D eigenvalue weighted by Gasteiger charge is -2.31. The van der Waals surface area contributed by atoms with Gasteiger partial charge in [0.15, 0.2) is 5.13 Å². The summed E-state index contributed by atoms with van der Waals surface area (Å²) in [6, 6.07) is 0. The number of aromatic nitrogens is 3. The molecule has 1 atom stereocenters. The van der Waals surface area contributed by atoms with Crippen molar-refractivity contribution in [3.05, 3.63) is 29.3 Å². The van der Waals surface area contributed by atoms with E-state index in [9.17, 15) is 0 Å². The third-order valence-corrected chi connectivity index (χ3v) is 4.49. The Hall–Kier alpha value is -1.11. The average molecular weight is 314 g/mol. The van der Waals surface area contributed by atoms with Gasteiger partial charge in [0.05, 0.1) is 0 Å². The number of aryl methyl sites for hydroxylation is 1. The number of nitrogen functional groups attached to an aromatic ring is 1. The number of nitrogens with two attached hydrogens (primary N) is 1. The quantitative estimate of drug-likeness (QED) is 0.944. The molecule has 1 unspecified atom stereocenters. The molecule has 0 amide bonds. The molecular formula is C13H20ClN5S. The lowest BCUT2D eigenvalue weighted by molar-refractivity contribution is 0.196. The smallest absolute Gasteiger partial charge is 0.180 e. The van der Waals surface area contributed by atoms with Crippen molar-refractivity contribution in [1.82, 2.24) is 19.4 Å². The molecular weight excluding hydrogens is 294 g/mol. The van der Waals surface area contributed by atoms with E-state index in [4.69, 9.17) is 5.73 Å². The highest BCUT2D eigenvalue weighted by molar-refractivity contribution is 7.15. The standard InChI is InChI=1S/C13H19N5S.ClH/c1-17-6-4-15-12(17)10-3-2-5-18(8-10)9-11-7-16-13(14)19-11;/h4,6-7,10H,2-3,5,8-9H2,1H3,(H2,14,16);1H. The Labute approximate surface area is 129 Å². The van der Waals surface area contributed by atoms with Gasteiger partial charge in [-0.25, -0.2) is 9.97 Å². The van der Waals surface area contributed by atoms with E-state index in [1.807, 2.05) is 18.6 Å². The van der Waals surface area contributed by atoms with Gasteiger partial charge in [-0.15, -0.1) is 23.7 Å². The maximum Gasteiger partial charge on any atom is 0.180 e. The molecule has 0 bridgehead atoms. The van der Waals surface area contributed by atoms with Gasteiger partial charge in [0.25, 0.3) is 0 Å². The maximum atomic E-state index is 5.68. The molecule has 2 aromatic rings. The van der Waals surface area contributed by atoms with E-state index in [1.54, 1.807) is 11.3 Å². The van der Waals surface area contributed by atoms with Crippen LogP contribution in [-0.2, 0) is 13.6 Å². The molecule has 3 heterocycles. The number of halogens is 1. The molecule has 1 aliphatic heterocycles. The Morgan fingerprint density at radius 2 is 2.30 bits per heavy atom. The van der Waals surface area contributed by atoms with Crippen LogP contribution in [0.2, 0.25) is 0 Å². The van der Waals surface area contributed by atoms with E-state index < -0.39 is 0 Å². The molecule has 1 aliphatic rings. The number of hydrogen-bond donors (Lipinski definition) is 1. The topological polar surface area (TPSA) is 60.0 Å². The van der Waals surface area contributed by atoms with Crippen LogP contribution in [0.5, 0.6) is 0 Å². The van der Waals surface area contributed by atoms with E-state index in [0.717, 1.165) is 19.6 Å². The molecule has 0 aliphatic carbocycles. The zero-order chi connectivity index (χ0) is 13.2. The molecule has 20 heavy (non-hydrogen) atoms. The Morgan fingerprint density at radius 1 is 1.45 bits per heavy atom. The predicted molar refractivity (Wildman–Crippen MR) is 84.2 cm³/mol. The minimum atomic E-state index is 0. The summed E-state index contributed by atoms with van der Waals surface area (Å²) in [5.41, 5.74) is 5.68. The summed E-state index contributed by atoms with van der Waals surface area (Å²) in [4.78, 5) is 12.3. The summed E-state index contributed by atoms with van der Waals surface area (Å²) in [5, 5.41) is 0.660. The number of anilines is 1. The summed E-state index contributed by atoms with van der Waals surface area (Å²) in [5.74, 6) is 1.74. The second kappa shape index (κ2) is 6.56. The third kappa shape index (κ3) is 3.31. The fourth-order valence-electron chi connectivity index (χ4n) is 2.80. The van der Waals surface area contributed by atoms with Gasteiger partial charge in [-0.2, -0.15) is 0 Å².